The van der Waals surface area contributed by atoms with Gasteiger partial charge in [-0.1, -0.05) is 30.3 Å². The van der Waals surface area contributed by atoms with Gasteiger partial charge in [0.1, 0.15) is 5.82 Å². The molecule has 0 aliphatic rings. The molecule has 2 aromatic heterocycles. The zero-order chi connectivity index (χ0) is 16.2. The standard InChI is InChI=1S/C17H17N5O/c1-12(13-6-4-3-5-7-13)22(2)16-19-15(20-17(23)21-16)14-8-10-18-11-9-14/h3-12H,1-2H3,(H,19,20,21,23). The summed E-state index contributed by atoms with van der Waals surface area (Å²) in [5.41, 5.74) is 1.50. The molecule has 0 spiro atoms. The number of nitrogens with one attached hydrogen (secondary N) is 1. The van der Waals surface area contributed by atoms with Crippen LogP contribution in [0, 0.1) is 0 Å². The number of rotatable bonds is 4. The van der Waals surface area contributed by atoms with E-state index in [9.17, 15) is 4.79 Å². The van der Waals surface area contributed by atoms with Crippen molar-refractivity contribution in [2.75, 3.05) is 11.9 Å². The van der Waals surface area contributed by atoms with Gasteiger partial charge < -0.3 is 4.90 Å². The molecule has 1 N–H and O–H groups in total. The van der Waals surface area contributed by atoms with Crippen LogP contribution in [0.5, 0.6) is 0 Å². The molecule has 1 aromatic carbocycles. The number of anilines is 1. The lowest BCUT2D eigenvalue weighted by Crippen LogP contribution is -2.27. The molecule has 3 aromatic rings. The quantitative estimate of drug-likeness (QED) is 0.801. The zero-order valence-electron chi connectivity index (χ0n) is 13.0. The first-order chi connectivity index (χ1) is 11.1. The van der Waals surface area contributed by atoms with Crippen molar-refractivity contribution in [1.29, 1.82) is 0 Å². The molecule has 1 atom stereocenters. The van der Waals surface area contributed by atoms with Gasteiger partial charge in [0.05, 0.1) is 6.04 Å². The average molecular weight is 307 g/mol. The topological polar surface area (TPSA) is 74.8 Å². The Balaban J connectivity index is 1.97. The van der Waals surface area contributed by atoms with Gasteiger partial charge in [0.25, 0.3) is 0 Å². The van der Waals surface area contributed by atoms with E-state index in [4.69, 9.17) is 0 Å². The fourth-order valence-electron chi connectivity index (χ4n) is 2.31. The number of nitrogens with zero attached hydrogens (tertiary/aromatic N) is 4. The van der Waals surface area contributed by atoms with Gasteiger partial charge >= 0.3 is 5.69 Å². The molecule has 23 heavy (non-hydrogen) atoms. The van der Waals surface area contributed by atoms with Crippen molar-refractivity contribution in [2.24, 2.45) is 0 Å². The number of aromatic nitrogens is 4. The Kier molecular flexibility index (Phi) is 4.14. The highest BCUT2D eigenvalue weighted by Gasteiger charge is 2.16. The van der Waals surface area contributed by atoms with Crippen LogP contribution < -0.4 is 10.6 Å². The van der Waals surface area contributed by atoms with Crippen LogP contribution in [0.15, 0.2) is 59.7 Å². The molecule has 0 aliphatic carbocycles. The molecule has 1 unspecified atom stereocenters. The summed E-state index contributed by atoms with van der Waals surface area (Å²) in [5.74, 6) is 0.867. The third-order valence-electron chi connectivity index (χ3n) is 3.77. The molecule has 0 radical (unpaired) electrons. The summed E-state index contributed by atoms with van der Waals surface area (Å²) in [5, 5.41) is 0. The number of hydrogen-bond acceptors (Lipinski definition) is 5. The van der Waals surface area contributed by atoms with E-state index >= 15 is 0 Å². The van der Waals surface area contributed by atoms with Crippen molar-refractivity contribution in [2.45, 2.75) is 13.0 Å². The molecule has 0 aliphatic heterocycles. The fourth-order valence-corrected chi connectivity index (χ4v) is 2.31. The smallest absolute Gasteiger partial charge is 0.337 e. The Hall–Kier alpha value is -3.02. The number of pyridine rings is 1. The second kappa shape index (κ2) is 6.39. The third-order valence-corrected chi connectivity index (χ3v) is 3.77. The van der Waals surface area contributed by atoms with Gasteiger partial charge in [-0.2, -0.15) is 9.97 Å². The molecule has 3 rings (SSSR count). The molecule has 0 saturated carbocycles. The Morgan fingerprint density at radius 2 is 1.74 bits per heavy atom. The van der Waals surface area contributed by atoms with Crippen LogP contribution in [-0.4, -0.2) is 27.0 Å². The minimum absolute atomic E-state index is 0.0447. The molecule has 6 heteroatoms. The molecule has 6 nitrogen and oxygen atoms in total. The summed E-state index contributed by atoms with van der Waals surface area (Å²) in [6.07, 6.45) is 3.32. The first kappa shape index (κ1) is 14.9. The highest BCUT2D eigenvalue weighted by atomic mass is 16.1. The summed E-state index contributed by atoms with van der Waals surface area (Å²) >= 11 is 0. The summed E-state index contributed by atoms with van der Waals surface area (Å²) < 4.78 is 0. The summed E-state index contributed by atoms with van der Waals surface area (Å²) in [7, 11) is 1.88. The van der Waals surface area contributed by atoms with Crippen LogP contribution in [0.4, 0.5) is 5.95 Å². The summed E-state index contributed by atoms with van der Waals surface area (Å²) in [6.45, 7) is 2.05. The van der Waals surface area contributed by atoms with E-state index in [1.54, 1.807) is 24.5 Å². The largest absolute Gasteiger partial charge is 0.349 e. The van der Waals surface area contributed by atoms with E-state index in [0.29, 0.717) is 11.8 Å². The van der Waals surface area contributed by atoms with E-state index in [2.05, 4.69) is 19.9 Å². The predicted octanol–water partition coefficient (Wildman–Crippen LogP) is 2.42. The predicted molar refractivity (Wildman–Crippen MR) is 89.1 cm³/mol. The number of aromatic amines is 1. The number of hydrogen-bond donors (Lipinski definition) is 1. The fraction of sp³-hybridized carbons (Fsp3) is 0.176. The lowest BCUT2D eigenvalue weighted by Gasteiger charge is -2.25. The maximum atomic E-state index is 11.9. The Morgan fingerprint density at radius 3 is 2.43 bits per heavy atom. The molecule has 116 valence electrons. The van der Waals surface area contributed by atoms with E-state index in [-0.39, 0.29) is 6.04 Å². The average Bonchev–Trinajstić information content (AvgIpc) is 2.61. The minimum Gasteiger partial charge on any atom is -0.337 e. The Morgan fingerprint density at radius 1 is 1.04 bits per heavy atom. The van der Waals surface area contributed by atoms with Crippen molar-refractivity contribution in [3.63, 3.8) is 0 Å². The van der Waals surface area contributed by atoms with Crippen LogP contribution >= 0.6 is 0 Å². The van der Waals surface area contributed by atoms with Crippen LogP contribution in [0.1, 0.15) is 18.5 Å². The van der Waals surface area contributed by atoms with Crippen molar-refractivity contribution in [3.8, 4) is 11.4 Å². The Bertz CT molecular complexity index is 832. The van der Waals surface area contributed by atoms with Gasteiger partial charge in [-0.05, 0) is 24.6 Å². The van der Waals surface area contributed by atoms with Gasteiger partial charge in [-0.3, -0.25) is 9.97 Å². The van der Waals surface area contributed by atoms with Crippen LogP contribution in [-0.2, 0) is 0 Å². The van der Waals surface area contributed by atoms with Gasteiger partial charge in [0.2, 0.25) is 5.95 Å². The molecular weight excluding hydrogens is 290 g/mol. The van der Waals surface area contributed by atoms with Gasteiger partial charge in [0, 0.05) is 25.0 Å². The SMILES string of the molecule is CC(c1ccccc1)N(C)c1nc(-c2ccncc2)[nH]c(=O)n1. The molecule has 0 fully saturated rings. The number of H-pyrrole nitrogens is 1. The second-order valence-electron chi connectivity index (χ2n) is 5.24. The van der Waals surface area contributed by atoms with Crippen LogP contribution in [0.3, 0.4) is 0 Å². The van der Waals surface area contributed by atoms with Crippen LogP contribution in [0.2, 0.25) is 0 Å². The highest BCUT2D eigenvalue weighted by molar-refractivity contribution is 5.54. The first-order valence-corrected chi connectivity index (χ1v) is 7.31. The second-order valence-corrected chi connectivity index (χ2v) is 5.24. The van der Waals surface area contributed by atoms with E-state index < -0.39 is 5.69 Å². The van der Waals surface area contributed by atoms with Gasteiger partial charge in [-0.25, -0.2) is 4.79 Å². The molecule has 0 amide bonds. The lowest BCUT2D eigenvalue weighted by atomic mass is 10.1. The highest BCUT2D eigenvalue weighted by Crippen LogP contribution is 2.22. The van der Waals surface area contributed by atoms with Crippen LogP contribution in [0.25, 0.3) is 11.4 Å². The third kappa shape index (κ3) is 3.26. The molecule has 0 bridgehead atoms. The van der Waals surface area contributed by atoms with Gasteiger partial charge in [0.15, 0.2) is 0 Å². The van der Waals surface area contributed by atoms with Crippen molar-refractivity contribution < 1.29 is 0 Å². The first-order valence-electron chi connectivity index (χ1n) is 7.31. The molecule has 2 heterocycles. The summed E-state index contributed by atoms with van der Waals surface area (Å²) in [4.78, 5) is 28.9. The monoisotopic (exact) mass is 307 g/mol. The van der Waals surface area contributed by atoms with Gasteiger partial charge in [-0.15, -0.1) is 0 Å². The van der Waals surface area contributed by atoms with Crippen molar-refractivity contribution in [3.05, 3.63) is 70.9 Å². The van der Waals surface area contributed by atoms with E-state index in [1.807, 2.05) is 49.2 Å². The molecular formula is C17H17N5O. The summed E-state index contributed by atoms with van der Waals surface area (Å²) in [6, 6.07) is 13.7. The molecule has 0 saturated heterocycles. The zero-order valence-corrected chi connectivity index (χ0v) is 13.0. The van der Waals surface area contributed by atoms with Crippen molar-refractivity contribution in [1.82, 2.24) is 19.9 Å². The van der Waals surface area contributed by atoms with E-state index in [0.717, 1.165) is 11.1 Å². The lowest BCUT2D eigenvalue weighted by molar-refractivity contribution is 0.709. The minimum atomic E-state index is -0.422. The van der Waals surface area contributed by atoms with E-state index in [1.165, 1.54) is 0 Å². The normalized spacial score (nSPS) is 11.9. The van der Waals surface area contributed by atoms with Crippen molar-refractivity contribution >= 4 is 5.95 Å². The maximum Gasteiger partial charge on any atom is 0.349 e. The Labute approximate surface area is 133 Å². The maximum absolute atomic E-state index is 11.9. The number of benzene rings is 1.